The average molecular weight is 630 g/mol. The van der Waals surface area contributed by atoms with Crippen molar-refractivity contribution < 1.29 is 45.5 Å². The maximum Gasteiger partial charge on any atom is 0.310 e. The number of hydrogen-bond donors (Lipinski definition) is 1. The van der Waals surface area contributed by atoms with Gasteiger partial charge in [0.25, 0.3) is 0 Å². The van der Waals surface area contributed by atoms with E-state index in [1.165, 1.54) is 6.92 Å². The van der Waals surface area contributed by atoms with Crippen molar-refractivity contribution in [3.8, 4) is 5.69 Å². The Morgan fingerprint density at radius 3 is 2.34 bits per heavy atom. The van der Waals surface area contributed by atoms with Gasteiger partial charge >= 0.3 is 11.9 Å². The number of ketones is 1. The Morgan fingerprint density at radius 2 is 1.75 bits per heavy atom. The number of ether oxygens (including phenoxy) is 2. The van der Waals surface area contributed by atoms with Gasteiger partial charge in [0.15, 0.2) is 11.9 Å². The van der Waals surface area contributed by atoms with Gasteiger partial charge in [-0.1, -0.05) is 13.8 Å². The number of esters is 2. The molecule has 4 rings (SSSR count). The van der Waals surface area contributed by atoms with Crippen molar-refractivity contribution in [3.05, 3.63) is 52.3 Å². The highest BCUT2D eigenvalue weighted by Gasteiger charge is 2.35. The maximum absolute atomic E-state index is 13.0. The van der Waals surface area contributed by atoms with Crippen LogP contribution in [-0.2, 0) is 31.9 Å². The summed E-state index contributed by atoms with van der Waals surface area (Å²) in [6.07, 6.45) is 6.57. The van der Waals surface area contributed by atoms with Gasteiger partial charge in [0, 0.05) is 42.0 Å². The number of carbonyl (C=O) groups excluding carboxylic acids is 4. The monoisotopic (exact) mass is 629 g/mol. The highest BCUT2D eigenvalue weighted by molar-refractivity contribution is 6.00. The molecule has 1 fully saturated rings. The van der Waals surface area contributed by atoms with E-state index in [0.29, 0.717) is 35.4 Å². The fourth-order valence-electron chi connectivity index (χ4n) is 6.82. The number of aryl methyl sites for hydroxylation is 1. The molecule has 44 heavy (non-hydrogen) atoms. The van der Waals surface area contributed by atoms with Gasteiger partial charge < -0.3 is 36.7 Å². The number of quaternary nitrogens is 1. The smallest absolute Gasteiger partial charge is 0.310 e. The van der Waals surface area contributed by atoms with E-state index in [-0.39, 0.29) is 42.1 Å². The fourth-order valence-corrected chi connectivity index (χ4v) is 6.82. The molecule has 9 nitrogen and oxygen atoms in total. The lowest BCUT2D eigenvalue weighted by Gasteiger charge is -2.31. The van der Waals surface area contributed by atoms with Crippen LogP contribution < -0.4 is 18.1 Å². The number of Topliss-reactive ketones (excluding diaryl/α,β-unsaturated/α-hetero) is 1. The molecule has 2 aliphatic carbocycles. The molecule has 1 aromatic heterocycles. The average Bonchev–Trinajstić information content (AvgIpc) is 3.18. The van der Waals surface area contributed by atoms with Crippen LogP contribution in [0.3, 0.4) is 0 Å². The molecule has 0 spiro atoms. The molecule has 1 saturated carbocycles. The molecule has 2 N–H and O–H groups in total. The second-order valence-corrected chi connectivity index (χ2v) is 14.4. The Hall–Kier alpha value is -3.17. The number of benzene rings is 1. The van der Waals surface area contributed by atoms with Crippen molar-refractivity contribution in [3.63, 3.8) is 0 Å². The van der Waals surface area contributed by atoms with Crippen molar-refractivity contribution >= 4 is 23.6 Å². The molecule has 242 valence electrons. The molecular weight excluding hydrogens is 582 g/mol. The summed E-state index contributed by atoms with van der Waals surface area (Å²) in [5, 5.41) is 0. The highest BCUT2D eigenvalue weighted by Crippen LogP contribution is 2.38. The van der Waals surface area contributed by atoms with E-state index in [1.807, 2.05) is 46.4 Å². The SMILES string of the molecule is CC(=O)OC(CC(=O)OC1CCC(Cc2cc(-n3cc(C)c4c3CC(C)(C)CC4=O)ccc2C(N)=O)CC1)C[N+](C)(C)C.[Cl-]. The number of rotatable bonds is 10. The highest BCUT2D eigenvalue weighted by atomic mass is 35.5. The molecule has 1 aromatic carbocycles. The van der Waals surface area contributed by atoms with Crippen LogP contribution in [0.2, 0.25) is 0 Å². The topological polar surface area (TPSA) is 118 Å². The van der Waals surface area contributed by atoms with Crippen LogP contribution in [0, 0.1) is 18.3 Å². The van der Waals surface area contributed by atoms with Crippen molar-refractivity contribution in [1.82, 2.24) is 4.57 Å². The third-order valence-corrected chi connectivity index (χ3v) is 8.57. The van der Waals surface area contributed by atoms with E-state index in [0.717, 1.165) is 60.2 Å². The van der Waals surface area contributed by atoms with Gasteiger partial charge in [-0.25, -0.2) is 0 Å². The lowest BCUT2D eigenvalue weighted by Crippen LogP contribution is -3.00. The van der Waals surface area contributed by atoms with E-state index in [1.54, 1.807) is 6.07 Å². The minimum Gasteiger partial charge on any atom is -1.00 e. The Morgan fingerprint density at radius 1 is 1.09 bits per heavy atom. The Bertz CT molecular complexity index is 1400. The zero-order valence-electron chi connectivity index (χ0n) is 27.2. The number of nitrogens with two attached hydrogens (primary N) is 1. The molecule has 1 amide bonds. The standard InChI is InChI=1S/C34H47N3O6.ClH/c1-21-19-36(29-17-34(3,4)18-30(39)32(21)29)25-10-13-28(33(35)41)24(15-25)14-23-8-11-26(12-9-23)43-31(40)16-27(42-22(2)38)20-37(5,6)7;/h10,13,15,19,23,26-27H,8-9,11-12,14,16-18,20H2,1-7H3,(H-,35,41);1H. The van der Waals surface area contributed by atoms with E-state index < -0.39 is 18.0 Å². The first-order valence-corrected chi connectivity index (χ1v) is 15.4. The van der Waals surface area contributed by atoms with Crippen LogP contribution in [0.1, 0.15) is 96.8 Å². The van der Waals surface area contributed by atoms with Crippen molar-refractivity contribution in [2.75, 3.05) is 27.7 Å². The second-order valence-electron chi connectivity index (χ2n) is 14.4. The van der Waals surface area contributed by atoms with Crippen molar-refractivity contribution in [2.24, 2.45) is 17.1 Å². The molecule has 0 radical (unpaired) electrons. The van der Waals surface area contributed by atoms with E-state index >= 15 is 0 Å². The summed E-state index contributed by atoms with van der Waals surface area (Å²) >= 11 is 0. The first-order chi connectivity index (χ1) is 20.0. The summed E-state index contributed by atoms with van der Waals surface area (Å²) in [4.78, 5) is 49.6. The Kier molecular flexibility index (Phi) is 11.1. The summed E-state index contributed by atoms with van der Waals surface area (Å²) in [5.74, 6) is -0.711. The number of hydrogen-bond acceptors (Lipinski definition) is 6. The third kappa shape index (κ3) is 8.94. The van der Waals surface area contributed by atoms with Crippen LogP contribution in [0.15, 0.2) is 24.4 Å². The minimum atomic E-state index is -0.528. The number of amides is 1. The van der Waals surface area contributed by atoms with Gasteiger partial charge in [0.05, 0.1) is 27.6 Å². The molecule has 1 heterocycles. The molecule has 1 atom stereocenters. The van der Waals surface area contributed by atoms with Crippen LogP contribution in [-0.4, -0.2) is 72.6 Å². The number of halogens is 1. The first-order valence-electron chi connectivity index (χ1n) is 15.4. The van der Waals surface area contributed by atoms with Crippen LogP contribution in [0.25, 0.3) is 5.69 Å². The molecule has 0 saturated heterocycles. The Balaban J connectivity index is 0.00000529. The predicted octanol–water partition coefficient (Wildman–Crippen LogP) is 1.72. The molecule has 10 heteroatoms. The quantitative estimate of drug-likeness (QED) is 0.316. The zero-order chi connectivity index (χ0) is 31.7. The van der Waals surface area contributed by atoms with Gasteiger partial charge in [-0.3, -0.25) is 19.2 Å². The van der Waals surface area contributed by atoms with Gasteiger partial charge in [0.2, 0.25) is 5.91 Å². The molecule has 2 aromatic rings. The largest absolute Gasteiger partial charge is 1.00 e. The summed E-state index contributed by atoms with van der Waals surface area (Å²) in [7, 11) is 5.95. The normalized spacial score (nSPS) is 20.2. The van der Waals surface area contributed by atoms with Crippen molar-refractivity contribution in [1.29, 1.82) is 0 Å². The molecular formula is C34H48ClN3O6. The van der Waals surface area contributed by atoms with Crippen LogP contribution in [0.4, 0.5) is 0 Å². The number of primary amides is 1. The summed E-state index contributed by atoms with van der Waals surface area (Å²) in [6.45, 7) is 8.10. The third-order valence-electron chi connectivity index (χ3n) is 8.57. The van der Waals surface area contributed by atoms with Crippen LogP contribution >= 0.6 is 0 Å². The fraction of sp³-hybridized carbons (Fsp3) is 0.588. The number of likely N-dealkylation sites (N-methyl/N-ethyl adjacent to an activating group) is 1. The van der Waals surface area contributed by atoms with E-state index in [2.05, 4.69) is 18.4 Å². The number of carbonyl (C=O) groups is 4. The minimum absolute atomic E-state index is 0. The number of aromatic nitrogens is 1. The van der Waals surface area contributed by atoms with E-state index in [4.69, 9.17) is 15.2 Å². The zero-order valence-corrected chi connectivity index (χ0v) is 28.0. The number of fused-ring (bicyclic) bond motifs is 1. The first kappa shape index (κ1) is 35.3. The molecule has 1 unspecified atom stereocenters. The number of nitrogens with zero attached hydrogens (tertiary/aromatic N) is 2. The summed E-state index contributed by atoms with van der Waals surface area (Å²) in [6, 6.07) is 5.75. The lowest BCUT2D eigenvalue weighted by atomic mass is 9.75. The van der Waals surface area contributed by atoms with Gasteiger partial charge in [-0.15, -0.1) is 0 Å². The maximum atomic E-state index is 13.0. The van der Waals surface area contributed by atoms with Gasteiger partial charge in [-0.2, -0.15) is 0 Å². The molecule has 0 aliphatic heterocycles. The van der Waals surface area contributed by atoms with Crippen molar-refractivity contribution in [2.45, 2.75) is 91.3 Å². The predicted molar refractivity (Wildman–Crippen MR) is 164 cm³/mol. The lowest BCUT2D eigenvalue weighted by molar-refractivity contribution is -0.873. The summed E-state index contributed by atoms with van der Waals surface area (Å²) < 4.78 is 13.8. The summed E-state index contributed by atoms with van der Waals surface area (Å²) in [5.41, 5.74) is 10.8. The second kappa shape index (κ2) is 13.9. The Labute approximate surface area is 267 Å². The van der Waals surface area contributed by atoms with Crippen LogP contribution in [0.5, 0.6) is 0 Å². The van der Waals surface area contributed by atoms with Gasteiger partial charge in [0.1, 0.15) is 12.6 Å². The van der Waals surface area contributed by atoms with Gasteiger partial charge in [-0.05, 0) is 86.1 Å². The van der Waals surface area contributed by atoms with E-state index in [9.17, 15) is 19.2 Å². The molecule has 2 aliphatic rings. The molecule has 0 bridgehead atoms.